The minimum Gasteiger partial charge on any atom is -0.332 e. The van der Waals surface area contributed by atoms with Crippen molar-refractivity contribution in [1.29, 1.82) is 0 Å². The second-order valence-electron chi connectivity index (χ2n) is 5.97. The van der Waals surface area contributed by atoms with Gasteiger partial charge in [0.1, 0.15) is 5.69 Å². The van der Waals surface area contributed by atoms with Gasteiger partial charge in [0.15, 0.2) is 5.78 Å². The zero-order valence-electron chi connectivity index (χ0n) is 14.9. The van der Waals surface area contributed by atoms with Crippen LogP contribution in [0, 0.1) is 24.0 Å². The number of hydrogen-bond acceptors (Lipinski definition) is 6. The molecule has 3 rings (SSSR count). The van der Waals surface area contributed by atoms with Crippen molar-refractivity contribution in [2.45, 2.75) is 13.8 Å². The van der Waals surface area contributed by atoms with Gasteiger partial charge >= 0.3 is 5.69 Å². The molecule has 0 fully saturated rings. The van der Waals surface area contributed by atoms with Crippen molar-refractivity contribution in [3.8, 4) is 0 Å². The van der Waals surface area contributed by atoms with Crippen molar-refractivity contribution >= 4 is 34.6 Å². The fourth-order valence-electron chi connectivity index (χ4n) is 2.66. The van der Waals surface area contributed by atoms with Crippen LogP contribution < -0.4 is 5.32 Å². The molecule has 1 aromatic carbocycles. The first-order chi connectivity index (χ1) is 12.8. The van der Waals surface area contributed by atoms with Gasteiger partial charge < -0.3 is 5.32 Å². The van der Waals surface area contributed by atoms with Gasteiger partial charge in [0.2, 0.25) is 5.82 Å². The summed E-state index contributed by atoms with van der Waals surface area (Å²) >= 11 is 6.14. The lowest BCUT2D eigenvalue weighted by Crippen LogP contribution is -2.08. The Hall–Kier alpha value is -3.26. The predicted octanol–water partition coefficient (Wildman–Crippen LogP) is 3.97. The summed E-state index contributed by atoms with van der Waals surface area (Å²) in [6.07, 6.45) is 1.42. The van der Waals surface area contributed by atoms with Gasteiger partial charge in [-0.05, 0) is 32.0 Å². The molecule has 8 nitrogen and oxygen atoms in total. The van der Waals surface area contributed by atoms with Gasteiger partial charge in [-0.2, -0.15) is 0 Å². The van der Waals surface area contributed by atoms with Gasteiger partial charge in [0.25, 0.3) is 0 Å². The summed E-state index contributed by atoms with van der Waals surface area (Å²) in [6, 6.07) is 8.31. The normalized spacial score (nSPS) is 10.7. The van der Waals surface area contributed by atoms with Gasteiger partial charge in [0, 0.05) is 24.5 Å². The Morgan fingerprint density at radius 2 is 1.96 bits per heavy atom. The second kappa shape index (κ2) is 7.16. The molecule has 0 spiro atoms. The molecular formula is C18H16ClN5O3. The second-order valence-corrected chi connectivity index (χ2v) is 6.38. The van der Waals surface area contributed by atoms with E-state index in [9.17, 15) is 14.9 Å². The third-order valence-corrected chi connectivity index (χ3v) is 4.47. The van der Waals surface area contributed by atoms with E-state index in [0.717, 1.165) is 0 Å². The van der Waals surface area contributed by atoms with Crippen molar-refractivity contribution in [1.82, 2.24) is 14.8 Å². The summed E-state index contributed by atoms with van der Waals surface area (Å²) in [6.45, 7) is 3.36. The van der Waals surface area contributed by atoms with E-state index in [1.165, 1.54) is 10.9 Å². The Morgan fingerprint density at radius 3 is 2.63 bits per heavy atom. The summed E-state index contributed by atoms with van der Waals surface area (Å²) in [5.41, 5.74) is 1.82. The number of nitro groups is 1. The van der Waals surface area contributed by atoms with Gasteiger partial charge in [-0.3, -0.25) is 24.6 Å². The van der Waals surface area contributed by atoms with Crippen LogP contribution >= 0.6 is 11.6 Å². The van der Waals surface area contributed by atoms with E-state index in [0.29, 0.717) is 27.7 Å². The third-order valence-electron chi connectivity index (χ3n) is 4.14. The van der Waals surface area contributed by atoms with Crippen molar-refractivity contribution in [2.75, 3.05) is 5.32 Å². The van der Waals surface area contributed by atoms with Crippen molar-refractivity contribution < 1.29 is 9.72 Å². The number of aryl methyl sites for hydroxylation is 2. The fourth-order valence-corrected chi connectivity index (χ4v) is 2.88. The Balaban J connectivity index is 2.09. The van der Waals surface area contributed by atoms with Crippen LogP contribution in [0.25, 0.3) is 0 Å². The maximum atomic E-state index is 13.0. The van der Waals surface area contributed by atoms with Crippen LogP contribution in [0.3, 0.4) is 0 Å². The number of aromatic nitrogens is 3. The number of nitrogens with zero attached hydrogens (tertiary/aromatic N) is 4. The van der Waals surface area contributed by atoms with E-state index in [2.05, 4.69) is 15.4 Å². The highest BCUT2D eigenvalue weighted by molar-refractivity contribution is 6.35. The Morgan fingerprint density at radius 1 is 1.26 bits per heavy atom. The molecule has 0 saturated heterocycles. The molecule has 138 valence electrons. The Kier molecular flexibility index (Phi) is 4.91. The van der Waals surface area contributed by atoms with Crippen LogP contribution in [0.1, 0.15) is 27.3 Å². The first-order valence-corrected chi connectivity index (χ1v) is 8.38. The van der Waals surface area contributed by atoms with E-state index < -0.39 is 4.92 Å². The molecule has 1 N–H and O–H groups in total. The smallest absolute Gasteiger partial charge is 0.332 e. The highest BCUT2D eigenvalue weighted by Crippen LogP contribution is 2.32. The van der Waals surface area contributed by atoms with E-state index in [-0.39, 0.29) is 22.9 Å². The number of carbonyl (C=O) groups is 1. The highest BCUT2D eigenvalue weighted by Gasteiger charge is 2.26. The molecular weight excluding hydrogens is 370 g/mol. The standard InChI is InChI=1S/C18H16ClN5O3/c1-10-8-15(21-18-16(24(26)27)11(2)23(3)22-18)13(9-20-10)17(25)12-6-4-5-7-14(12)19/h4-9H,1-3H3,(H,20,21,22). The van der Waals surface area contributed by atoms with E-state index in [1.54, 1.807) is 51.2 Å². The van der Waals surface area contributed by atoms with E-state index in [4.69, 9.17) is 11.6 Å². The number of carbonyl (C=O) groups excluding carboxylic acids is 1. The molecule has 0 aliphatic carbocycles. The molecule has 0 radical (unpaired) electrons. The van der Waals surface area contributed by atoms with E-state index in [1.807, 2.05) is 0 Å². The van der Waals surface area contributed by atoms with Gasteiger partial charge in [0.05, 0.1) is 21.2 Å². The number of benzene rings is 1. The van der Waals surface area contributed by atoms with Crippen LogP contribution in [0.15, 0.2) is 36.5 Å². The molecule has 27 heavy (non-hydrogen) atoms. The maximum Gasteiger partial charge on any atom is 0.333 e. The number of nitrogens with one attached hydrogen (secondary N) is 1. The van der Waals surface area contributed by atoms with Gasteiger partial charge in [-0.1, -0.05) is 23.7 Å². The van der Waals surface area contributed by atoms with Crippen LogP contribution in [0.2, 0.25) is 5.02 Å². The average Bonchev–Trinajstić information content (AvgIpc) is 2.89. The van der Waals surface area contributed by atoms with Crippen molar-refractivity contribution in [2.24, 2.45) is 7.05 Å². The first-order valence-electron chi connectivity index (χ1n) is 8.00. The number of halogens is 1. The quantitative estimate of drug-likeness (QED) is 0.405. The topological polar surface area (TPSA) is 103 Å². The zero-order chi connectivity index (χ0) is 19.7. The minimum absolute atomic E-state index is 0.0545. The molecule has 0 aliphatic heterocycles. The molecule has 0 saturated carbocycles. The summed E-state index contributed by atoms with van der Waals surface area (Å²) in [4.78, 5) is 28.0. The molecule has 0 atom stereocenters. The van der Waals surface area contributed by atoms with Gasteiger partial charge in [-0.15, -0.1) is 5.10 Å². The summed E-state index contributed by atoms with van der Waals surface area (Å²) in [7, 11) is 1.61. The fraction of sp³-hybridized carbons (Fsp3) is 0.167. The van der Waals surface area contributed by atoms with Crippen LogP contribution in [0.4, 0.5) is 17.2 Å². The number of hydrogen-bond donors (Lipinski definition) is 1. The molecule has 0 unspecified atom stereocenters. The number of rotatable bonds is 5. The number of pyridine rings is 1. The Bertz CT molecular complexity index is 1060. The maximum absolute atomic E-state index is 13.0. The SMILES string of the molecule is Cc1cc(Nc2nn(C)c(C)c2[N+](=O)[O-])c(C(=O)c2ccccc2Cl)cn1. The van der Waals surface area contributed by atoms with E-state index >= 15 is 0 Å². The molecule has 3 aromatic rings. The summed E-state index contributed by atoms with van der Waals surface area (Å²) in [5, 5.41) is 18.8. The summed E-state index contributed by atoms with van der Waals surface area (Å²) in [5.74, 6) is -0.287. The molecule has 0 amide bonds. The van der Waals surface area contributed by atoms with Crippen LogP contribution in [-0.2, 0) is 7.05 Å². The number of ketones is 1. The minimum atomic E-state index is -0.506. The lowest BCUT2D eigenvalue weighted by Gasteiger charge is -2.11. The zero-order valence-corrected chi connectivity index (χ0v) is 15.6. The molecule has 0 aliphatic rings. The molecule has 2 aromatic heterocycles. The largest absolute Gasteiger partial charge is 0.333 e. The predicted molar refractivity (Wildman–Crippen MR) is 102 cm³/mol. The Labute approximate surface area is 159 Å². The first kappa shape index (κ1) is 18.5. The van der Waals surface area contributed by atoms with Crippen molar-refractivity contribution in [3.63, 3.8) is 0 Å². The third kappa shape index (κ3) is 3.52. The lowest BCUT2D eigenvalue weighted by atomic mass is 10.0. The van der Waals surface area contributed by atoms with Crippen LogP contribution in [-0.4, -0.2) is 25.5 Å². The van der Waals surface area contributed by atoms with Crippen LogP contribution in [0.5, 0.6) is 0 Å². The average molecular weight is 386 g/mol. The summed E-state index contributed by atoms with van der Waals surface area (Å²) < 4.78 is 1.41. The lowest BCUT2D eigenvalue weighted by molar-refractivity contribution is -0.384. The highest BCUT2D eigenvalue weighted by atomic mass is 35.5. The van der Waals surface area contributed by atoms with Gasteiger partial charge in [-0.25, -0.2) is 0 Å². The molecule has 9 heteroatoms. The molecule has 0 bridgehead atoms. The number of anilines is 2. The molecule has 2 heterocycles. The van der Waals surface area contributed by atoms with Crippen molar-refractivity contribution in [3.05, 3.63) is 74.2 Å². The monoisotopic (exact) mass is 385 g/mol.